The van der Waals surface area contributed by atoms with Crippen molar-refractivity contribution in [2.45, 2.75) is 25.9 Å². The van der Waals surface area contributed by atoms with Crippen LogP contribution in [0.15, 0.2) is 11.4 Å². The van der Waals surface area contributed by atoms with E-state index in [0.717, 1.165) is 39.1 Å². The molecule has 0 unspecified atom stereocenters. The highest BCUT2D eigenvalue weighted by Crippen LogP contribution is 2.24. The standard InChI is InChI=1S/C14H21N3OS/c1-11-8-15-4-6-16(11)10-14(18)17-5-2-13-12(9-17)3-7-19-13/h3,7,11,15H,2,4-6,8-10H2,1H3/t11-/m0/s1. The third-order valence-electron chi connectivity index (χ3n) is 4.14. The first-order chi connectivity index (χ1) is 9.24. The molecule has 0 spiro atoms. The number of carbonyl (C=O) groups excluding carboxylic acids is 1. The van der Waals surface area contributed by atoms with Gasteiger partial charge in [-0.25, -0.2) is 0 Å². The van der Waals surface area contributed by atoms with Crippen molar-refractivity contribution in [3.05, 3.63) is 21.9 Å². The quantitative estimate of drug-likeness (QED) is 0.875. The van der Waals surface area contributed by atoms with Crippen molar-refractivity contribution < 1.29 is 4.79 Å². The van der Waals surface area contributed by atoms with Crippen LogP contribution in [0.25, 0.3) is 0 Å². The topological polar surface area (TPSA) is 35.6 Å². The molecule has 2 aliphatic heterocycles. The van der Waals surface area contributed by atoms with Crippen molar-refractivity contribution in [1.29, 1.82) is 0 Å². The summed E-state index contributed by atoms with van der Waals surface area (Å²) in [5, 5.41) is 5.50. The van der Waals surface area contributed by atoms with Gasteiger partial charge in [-0.15, -0.1) is 11.3 Å². The molecule has 0 bridgehead atoms. The molecule has 0 aliphatic carbocycles. The summed E-state index contributed by atoms with van der Waals surface area (Å²) in [4.78, 5) is 18.2. The van der Waals surface area contributed by atoms with Gasteiger partial charge >= 0.3 is 0 Å². The van der Waals surface area contributed by atoms with Gasteiger partial charge in [0.2, 0.25) is 5.91 Å². The minimum absolute atomic E-state index is 0.283. The molecular weight excluding hydrogens is 258 g/mol. The number of carbonyl (C=O) groups is 1. The molecule has 4 nitrogen and oxygen atoms in total. The Morgan fingerprint density at radius 3 is 3.26 bits per heavy atom. The normalized spacial score (nSPS) is 24.3. The molecule has 0 radical (unpaired) electrons. The second-order valence-corrected chi connectivity index (χ2v) is 6.46. The highest BCUT2D eigenvalue weighted by atomic mass is 32.1. The van der Waals surface area contributed by atoms with Crippen molar-refractivity contribution in [3.8, 4) is 0 Å². The van der Waals surface area contributed by atoms with Crippen molar-refractivity contribution >= 4 is 17.2 Å². The van der Waals surface area contributed by atoms with Crippen molar-refractivity contribution in [2.24, 2.45) is 0 Å². The number of fused-ring (bicyclic) bond motifs is 1. The van der Waals surface area contributed by atoms with E-state index >= 15 is 0 Å². The van der Waals surface area contributed by atoms with Crippen LogP contribution in [0.3, 0.4) is 0 Å². The Bertz CT molecular complexity index is 459. The number of amides is 1. The second-order valence-electron chi connectivity index (χ2n) is 5.46. The maximum Gasteiger partial charge on any atom is 0.237 e. The van der Waals surface area contributed by atoms with Gasteiger partial charge in [0.1, 0.15) is 0 Å². The predicted octanol–water partition coefficient (Wildman–Crippen LogP) is 0.926. The Morgan fingerprint density at radius 1 is 1.53 bits per heavy atom. The molecule has 5 heteroatoms. The predicted molar refractivity (Wildman–Crippen MR) is 77.3 cm³/mol. The van der Waals surface area contributed by atoms with Crippen LogP contribution in [0.4, 0.5) is 0 Å². The molecule has 19 heavy (non-hydrogen) atoms. The maximum atomic E-state index is 12.4. The molecule has 1 amide bonds. The van der Waals surface area contributed by atoms with Gasteiger partial charge < -0.3 is 10.2 Å². The monoisotopic (exact) mass is 279 g/mol. The summed E-state index contributed by atoms with van der Waals surface area (Å²) in [6.45, 7) is 7.40. The fraction of sp³-hybridized carbons (Fsp3) is 0.643. The highest BCUT2D eigenvalue weighted by molar-refractivity contribution is 7.10. The van der Waals surface area contributed by atoms with Crippen molar-refractivity contribution in [1.82, 2.24) is 15.1 Å². The van der Waals surface area contributed by atoms with E-state index in [0.29, 0.717) is 12.6 Å². The molecule has 1 atom stereocenters. The third kappa shape index (κ3) is 2.83. The summed E-state index contributed by atoms with van der Waals surface area (Å²) in [6, 6.07) is 2.62. The molecule has 1 aromatic heterocycles. The molecule has 0 aromatic carbocycles. The van der Waals surface area contributed by atoms with E-state index < -0.39 is 0 Å². The summed E-state index contributed by atoms with van der Waals surface area (Å²) in [7, 11) is 0. The average Bonchev–Trinajstić information content (AvgIpc) is 2.88. The van der Waals surface area contributed by atoms with Crippen LogP contribution in [-0.2, 0) is 17.8 Å². The van der Waals surface area contributed by atoms with Crippen molar-refractivity contribution in [2.75, 3.05) is 32.7 Å². The number of hydrogen-bond acceptors (Lipinski definition) is 4. The SMILES string of the molecule is C[C@H]1CNCCN1CC(=O)N1CCc2sccc2C1. The van der Waals surface area contributed by atoms with E-state index in [9.17, 15) is 4.79 Å². The second kappa shape index (κ2) is 5.61. The highest BCUT2D eigenvalue weighted by Gasteiger charge is 2.25. The number of nitrogens with zero attached hydrogens (tertiary/aromatic N) is 2. The molecule has 0 saturated carbocycles. The van der Waals surface area contributed by atoms with Crippen LogP contribution in [0.5, 0.6) is 0 Å². The Morgan fingerprint density at radius 2 is 2.42 bits per heavy atom. The number of rotatable bonds is 2. The molecule has 2 aliphatic rings. The number of hydrogen-bond donors (Lipinski definition) is 1. The first-order valence-electron chi connectivity index (χ1n) is 7.02. The van der Waals surface area contributed by atoms with Crippen LogP contribution < -0.4 is 5.32 Å². The fourth-order valence-corrected chi connectivity index (χ4v) is 3.74. The van der Waals surface area contributed by atoms with Crippen LogP contribution in [-0.4, -0.2) is 54.5 Å². The molecule has 1 N–H and O–H groups in total. The Balaban J connectivity index is 1.59. The van der Waals surface area contributed by atoms with E-state index in [1.54, 1.807) is 0 Å². The zero-order valence-electron chi connectivity index (χ0n) is 11.4. The molecule has 1 aromatic rings. The molecule has 104 valence electrons. The summed E-state index contributed by atoms with van der Waals surface area (Å²) in [5.41, 5.74) is 1.35. The van der Waals surface area contributed by atoms with E-state index in [-0.39, 0.29) is 5.91 Å². The van der Waals surface area contributed by atoms with Crippen LogP contribution in [0.2, 0.25) is 0 Å². The van der Waals surface area contributed by atoms with Gasteiger partial charge in [0.15, 0.2) is 0 Å². The minimum Gasteiger partial charge on any atom is -0.337 e. The summed E-state index contributed by atoms with van der Waals surface area (Å²) in [6.07, 6.45) is 1.02. The van der Waals surface area contributed by atoms with Gasteiger partial charge in [0, 0.05) is 43.6 Å². The van der Waals surface area contributed by atoms with E-state index in [1.165, 1.54) is 10.4 Å². The third-order valence-corrected chi connectivity index (χ3v) is 5.16. The molecule has 3 heterocycles. The summed E-state index contributed by atoms with van der Waals surface area (Å²) >= 11 is 1.82. The average molecular weight is 279 g/mol. The lowest BCUT2D eigenvalue weighted by Gasteiger charge is -2.35. The zero-order valence-corrected chi connectivity index (χ0v) is 12.2. The largest absolute Gasteiger partial charge is 0.337 e. The van der Waals surface area contributed by atoms with E-state index in [4.69, 9.17) is 0 Å². The lowest BCUT2D eigenvalue weighted by Crippen LogP contribution is -2.53. The number of thiophene rings is 1. The summed E-state index contributed by atoms with van der Waals surface area (Å²) < 4.78 is 0. The Kier molecular flexibility index (Phi) is 3.86. The van der Waals surface area contributed by atoms with E-state index in [2.05, 4.69) is 28.6 Å². The van der Waals surface area contributed by atoms with Gasteiger partial charge in [-0.2, -0.15) is 0 Å². The van der Waals surface area contributed by atoms with Gasteiger partial charge in [-0.1, -0.05) is 0 Å². The molecular formula is C14H21N3OS. The number of nitrogens with one attached hydrogen (secondary N) is 1. The van der Waals surface area contributed by atoms with Gasteiger partial charge in [0.05, 0.1) is 6.54 Å². The fourth-order valence-electron chi connectivity index (χ4n) is 2.85. The molecule has 1 fully saturated rings. The van der Waals surface area contributed by atoms with Gasteiger partial charge in [-0.3, -0.25) is 9.69 Å². The zero-order chi connectivity index (χ0) is 13.2. The van der Waals surface area contributed by atoms with Crippen LogP contribution in [0.1, 0.15) is 17.4 Å². The Hall–Kier alpha value is -0.910. The summed E-state index contributed by atoms with van der Waals surface area (Å²) in [5.74, 6) is 0.283. The van der Waals surface area contributed by atoms with Crippen molar-refractivity contribution in [3.63, 3.8) is 0 Å². The Labute approximate surface area is 118 Å². The smallest absolute Gasteiger partial charge is 0.237 e. The minimum atomic E-state index is 0.283. The molecule has 3 rings (SSSR count). The van der Waals surface area contributed by atoms with Crippen LogP contribution in [0, 0.1) is 0 Å². The van der Waals surface area contributed by atoms with Gasteiger partial charge in [0.25, 0.3) is 0 Å². The lowest BCUT2D eigenvalue weighted by molar-refractivity contribution is -0.134. The maximum absolute atomic E-state index is 12.4. The van der Waals surface area contributed by atoms with Gasteiger partial charge in [-0.05, 0) is 30.4 Å². The lowest BCUT2D eigenvalue weighted by atomic mass is 10.1. The van der Waals surface area contributed by atoms with E-state index in [1.807, 2.05) is 16.2 Å². The first kappa shape index (κ1) is 13.1. The first-order valence-corrected chi connectivity index (χ1v) is 7.90. The number of piperazine rings is 1. The molecule has 1 saturated heterocycles. The van der Waals surface area contributed by atoms with Crippen LogP contribution >= 0.6 is 11.3 Å².